The quantitative estimate of drug-likeness (QED) is 0.744. The van der Waals surface area contributed by atoms with E-state index in [1.807, 2.05) is 12.1 Å². The van der Waals surface area contributed by atoms with Crippen molar-refractivity contribution in [2.75, 3.05) is 11.1 Å². The van der Waals surface area contributed by atoms with Crippen LogP contribution in [0.2, 0.25) is 5.15 Å². The van der Waals surface area contributed by atoms with Gasteiger partial charge in [0.1, 0.15) is 16.7 Å². The van der Waals surface area contributed by atoms with Gasteiger partial charge in [0, 0.05) is 5.69 Å². The Bertz CT molecular complexity index is 657. The van der Waals surface area contributed by atoms with E-state index in [1.165, 1.54) is 11.8 Å². The lowest BCUT2D eigenvalue weighted by atomic mass is 10.0. The third kappa shape index (κ3) is 4.54. The molecule has 5 nitrogen and oxygen atoms in total. The zero-order valence-electron chi connectivity index (χ0n) is 12.4. The van der Waals surface area contributed by atoms with E-state index >= 15 is 0 Å². The summed E-state index contributed by atoms with van der Waals surface area (Å²) in [5, 5.41) is 6.93. The van der Waals surface area contributed by atoms with Gasteiger partial charge in [-0.2, -0.15) is 0 Å². The smallest absolute Gasteiger partial charge is 0.171 e. The van der Waals surface area contributed by atoms with E-state index < -0.39 is 0 Å². The van der Waals surface area contributed by atoms with Gasteiger partial charge in [0.2, 0.25) is 0 Å². The number of benzene rings is 1. The SMILES string of the molecule is CC(C)c1ccc(NC(=S)NCc2nc(Cl)cnc2N)cc1. The fraction of sp³-hybridized carbons (Fsp3) is 0.267. The summed E-state index contributed by atoms with van der Waals surface area (Å²) >= 11 is 11.0. The first-order valence-corrected chi connectivity index (χ1v) is 7.66. The summed E-state index contributed by atoms with van der Waals surface area (Å²) in [5.41, 5.74) is 8.51. The van der Waals surface area contributed by atoms with E-state index in [4.69, 9.17) is 29.6 Å². The van der Waals surface area contributed by atoms with Gasteiger partial charge < -0.3 is 16.4 Å². The summed E-state index contributed by atoms with van der Waals surface area (Å²) in [6.45, 7) is 4.67. The van der Waals surface area contributed by atoms with Gasteiger partial charge in [-0.05, 0) is 35.8 Å². The number of hydrogen-bond acceptors (Lipinski definition) is 4. The number of nitrogens with zero attached hydrogens (tertiary/aromatic N) is 2. The molecule has 4 N–H and O–H groups in total. The molecule has 0 saturated heterocycles. The number of nitrogens with two attached hydrogens (primary N) is 1. The van der Waals surface area contributed by atoms with Crippen LogP contribution in [-0.2, 0) is 6.54 Å². The molecule has 0 saturated carbocycles. The Labute approximate surface area is 140 Å². The Morgan fingerprint density at radius 3 is 2.64 bits per heavy atom. The number of anilines is 2. The Hall–Kier alpha value is -1.92. The summed E-state index contributed by atoms with van der Waals surface area (Å²) in [6.07, 6.45) is 1.41. The second-order valence-electron chi connectivity index (χ2n) is 5.11. The molecule has 0 amide bonds. The van der Waals surface area contributed by atoms with Crippen molar-refractivity contribution in [3.63, 3.8) is 0 Å². The number of rotatable bonds is 4. The van der Waals surface area contributed by atoms with Crippen molar-refractivity contribution < 1.29 is 0 Å². The van der Waals surface area contributed by atoms with Crippen molar-refractivity contribution >= 4 is 40.4 Å². The number of aromatic nitrogens is 2. The van der Waals surface area contributed by atoms with Gasteiger partial charge in [-0.25, -0.2) is 9.97 Å². The summed E-state index contributed by atoms with van der Waals surface area (Å²) in [6, 6.07) is 8.15. The van der Waals surface area contributed by atoms with Crippen LogP contribution in [0.1, 0.15) is 31.0 Å². The third-order valence-corrected chi connectivity index (χ3v) is 3.53. The van der Waals surface area contributed by atoms with Crippen LogP contribution in [0.15, 0.2) is 30.5 Å². The van der Waals surface area contributed by atoms with E-state index in [-0.39, 0.29) is 0 Å². The Kier molecular flexibility index (Phi) is 5.51. The van der Waals surface area contributed by atoms with Crippen molar-refractivity contribution in [2.45, 2.75) is 26.3 Å². The monoisotopic (exact) mass is 335 g/mol. The molecule has 0 aliphatic heterocycles. The Morgan fingerprint density at radius 2 is 2.00 bits per heavy atom. The molecule has 0 aliphatic carbocycles. The topological polar surface area (TPSA) is 75.9 Å². The Balaban J connectivity index is 1.91. The van der Waals surface area contributed by atoms with E-state index in [1.54, 1.807) is 0 Å². The normalized spacial score (nSPS) is 10.5. The molecule has 0 aliphatic rings. The van der Waals surface area contributed by atoms with E-state index in [0.29, 0.717) is 34.2 Å². The first kappa shape index (κ1) is 16.5. The molecule has 0 unspecified atom stereocenters. The molecule has 1 heterocycles. The van der Waals surface area contributed by atoms with Crippen molar-refractivity contribution in [3.05, 3.63) is 46.9 Å². The predicted molar refractivity (Wildman–Crippen MR) is 95.0 cm³/mol. The van der Waals surface area contributed by atoms with Crippen LogP contribution < -0.4 is 16.4 Å². The van der Waals surface area contributed by atoms with E-state index in [2.05, 4.69) is 46.6 Å². The van der Waals surface area contributed by atoms with Gasteiger partial charge in [-0.15, -0.1) is 0 Å². The van der Waals surface area contributed by atoms with Crippen LogP contribution in [-0.4, -0.2) is 15.1 Å². The zero-order valence-corrected chi connectivity index (χ0v) is 14.0. The molecule has 0 fully saturated rings. The minimum atomic E-state index is 0.300. The summed E-state index contributed by atoms with van der Waals surface area (Å²) in [5.74, 6) is 0.837. The first-order chi connectivity index (χ1) is 10.5. The van der Waals surface area contributed by atoms with E-state index in [0.717, 1.165) is 5.69 Å². The molecule has 2 aromatic rings. The molecular formula is C15H18ClN5S. The van der Waals surface area contributed by atoms with Crippen LogP contribution in [0, 0.1) is 0 Å². The average molecular weight is 336 g/mol. The van der Waals surface area contributed by atoms with Crippen LogP contribution >= 0.6 is 23.8 Å². The summed E-state index contributed by atoms with van der Waals surface area (Å²) in [7, 11) is 0. The fourth-order valence-corrected chi connectivity index (χ4v) is 2.17. The van der Waals surface area contributed by atoms with Crippen molar-refractivity contribution in [1.29, 1.82) is 0 Å². The van der Waals surface area contributed by atoms with Gasteiger partial charge in [-0.1, -0.05) is 37.6 Å². The minimum Gasteiger partial charge on any atom is -0.382 e. The number of thiocarbonyl (C=S) groups is 1. The van der Waals surface area contributed by atoms with Gasteiger partial charge in [-0.3, -0.25) is 0 Å². The van der Waals surface area contributed by atoms with Crippen LogP contribution in [0.5, 0.6) is 0 Å². The van der Waals surface area contributed by atoms with Crippen molar-refractivity contribution in [1.82, 2.24) is 15.3 Å². The second-order valence-corrected chi connectivity index (χ2v) is 5.90. The number of hydrogen-bond donors (Lipinski definition) is 3. The predicted octanol–water partition coefficient (Wildman–Crippen LogP) is 3.32. The summed E-state index contributed by atoms with van der Waals surface area (Å²) < 4.78 is 0. The standard InChI is InChI=1S/C15H18ClN5S/c1-9(2)10-3-5-11(6-4-10)20-15(22)19-7-12-14(17)18-8-13(16)21-12/h3-6,8-9H,7H2,1-2H3,(H2,17,18)(H2,19,20,22). The van der Waals surface area contributed by atoms with Gasteiger partial charge >= 0.3 is 0 Å². The molecule has 0 spiro atoms. The molecule has 0 radical (unpaired) electrons. The lowest BCUT2D eigenvalue weighted by Crippen LogP contribution is -2.28. The first-order valence-electron chi connectivity index (χ1n) is 6.87. The van der Waals surface area contributed by atoms with Crippen LogP contribution in [0.3, 0.4) is 0 Å². The molecule has 1 aromatic carbocycles. The zero-order chi connectivity index (χ0) is 16.1. The minimum absolute atomic E-state index is 0.300. The lowest BCUT2D eigenvalue weighted by molar-refractivity contribution is 0.866. The largest absolute Gasteiger partial charge is 0.382 e. The number of nitrogen functional groups attached to an aromatic ring is 1. The number of nitrogens with one attached hydrogen (secondary N) is 2. The molecular weight excluding hydrogens is 318 g/mol. The maximum absolute atomic E-state index is 5.80. The maximum atomic E-state index is 5.80. The summed E-state index contributed by atoms with van der Waals surface area (Å²) in [4.78, 5) is 8.06. The highest BCUT2D eigenvalue weighted by Crippen LogP contribution is 2.17. The highest BCUT2D eigenvalue weighted by atomic mass is 35.5. The van der Waals surface area contributed by atoms with E-state index in [9.17, 15) is 0 Å². The van der Waals surface area contributed by atoms with Crippen molar-refractivity contribution in [3.8, 4) is 0 Å². The van der Waals surface area contributed by atoms with Crippen LogP contribution in [0.25, 0.3) is 0 Å². The highest BCUT2D eigenvalue weighted by Gasteiger charge is 2.05. The third-order valence-electron chi connectivity index (χ3n) is 3.10. The molecule has 116 valence electrons. The molecule has 22 heavy (non-hydrogen) atoms. The lowest BCUT2D eigenvalue weighted by Gasteiger charge is -2.12. The fourth-order valence-electron chi connectivity index (χ4n) is 1.83. The number of halogens is 1. The maximum Gasteiger partial charge on any atom is 0.171 e. The molecule has 1 aromatic heterocycles. The van der Waals surface area contributed by atoms with Gasteiger partial charge in [0.15, 0.2) is 5.11 Å². The van der Waals surface area contributed by atoms with Crippen LogP contribution in [0.4, 0.5) is 11.5 Å². The Morgan fingerprint density at radius 1 is 1.32 bits per heavy atom. The average Bonchev–Trinajstić information content (AvgIpc) is 2.49. The molecule has 2 rings (SSSR count). The molecule has 7 heteroatoms. The highest BCUT2D eigenvalue weighted by molar-refractivity contribution is 7.80. The second kappa shape index (κ2) is 7.38. The van der Waals surface area contributed by atoms with Crippen molar-refractivity contribution in [2.24, 2.45) is 0 Å². The molecule has 0 bridgehead atoms. The molecule has 0 atom stereocenters. The van der Waals surface area contributed by atoms with Gasteiger partial charge in [0.05, 0.1) is 12.7 Å². The van der Waals surface area contributed by atoms with Gasteiger partial charge in [0.25, 0.3) is 0 Å².